The zero-order valence-electron chi connectivity index (χ0n) is 11.9. The van der Waals surface area contributed by atoms with E-state index in [1.54, 1.807) is 0 Å². The van der Waals surface area contributed by atoms with E-state index in [0.29, 0.717) is 25.7 Å². The molecule has 2 rings (SSSR count). The first kappa shape index (κ1) is 16.1. The Morgan fingerprint density at radius 2 is 1.81 bits per heavy atom. The van der Waals surface area contributed by atoms with Crippen LogP contribution in [0.4, 0.5) is 0 Å². The van der Waals surface area contributed by atoms with Crippen molar-refractivity contribution in [3.05, 3.63) is 35.4 Å². The summed E-state index contributed by atoms with van der Waals surface area (Å²) in [5.41, 5.74) is 1.97. The number of carbonyl (C=O) groups is 1. The highest BCUT2D eigenvalue weighted by atomic mass is 32.2. The molecule has 0 spiro atoms. The lowest BCUT2D eigenvalue weighted by Crippen LogP contribution is -2.26. The predicted molar refractivity (Wildman–Crippen MR) is 78.9 cm³/mol. The Morgan fingerprint density at radius 3 is 2.29 bits per heavy atom. The summed E-state index contributed by atoms with van der Waals surface area (Å²) in [4.78, 5) is 11.0. The highest BCUT2D eigenvalue weighted by molar-refractivity contribution is 7.74. The Morgan fingerprint density at radius 1 is 1.24 bits per heavy atom. The summed E-state index contributed by atoms with van der Waals surface area (Å²) in [5, 5.41) is 9.04. The van der Waals surface area contributed by atoms with E-state index in [1.165, 1.54) is 0 Å². The maximum Gasteiger partial charge on any atom is 0.306 e. The third kappa shape index (κ3) is 4.36. The molecule has 0 aliphatic heterocycles. The fourth-order valence-corrected chi connectivity index (χ4v) is 3.37. The molecule has 116 valence electrons. The summed E-state index contributed by atoms with van der Waals surface area (Å²) in [6.07, 6.45) is 2.08. The van der Waals surface area contributed by atoms with Crippen LogP contribution in [0.1, 0.15) is 42.9 Å². The van der Waals surface area contributed by atoms with E-state index in [4.69, 9.17) is 13.8 Å². The summed E-state index contributed by atoms with van der Waals surface area (Å²) >= 11 is -2.34. The second kappa shape index (κ2) is 7.15. The van der Waals surface area contributed by atoms with Crippen LogP contribution < -0.4 is 0 Å². The van der Waals surface area contributed by atoms with Gasteiger partial charge in [0, 0.05) is 0 Å². The molecule has 5 nitrogen and oxygen atoms in total. The third-order valence-electron chi connectivity index (χ3n) is 4.14. The Kier molecular flexibility index (Phi) is 5.50. The number of hydrogen-bond donors (Lipinski definition) is 2. The number of carboxylic acid groups (broad SMARTS) is 1. The van der Waals surface area contributed by atoms with Gasteiger partial charge in [0.15, 0.2) is 0 Å². The van der Waals surface area contributed by atoms with Crippen molar-refractivity contribution < 1.29 is 22.8 Å². The molecule has 0 heterocycles. The van der Waals surface area contributed by atoms with Gasteiger partial charge >= 0.3 is 17.3 Å². The number of hydrogen-bond acceptors (Lipinski definition) is 3. The molecular formula is C15H20O5S. The van der Waals surface area contributed by atoms with E-state index in [1.807, 2.05) is 31.2 Å². The number of aryl methyl sites for hydroxylation is 1. The smallest absolute Gasteiger partial charge is 0.306 e. The highest BCUT2D eigenvalue weighted by Crippen LogP contribution is 2.39. The van der Waals surface area contributed by atoms with Crippen LogP contribution in [0.25, 0.3) is 0 Å². The van der Waals surface area contributed by atoms with Crippen LogP contribution in [0.3, 0.4) is 0 Å². The molecular weight excluding hydrogens is 292 g/mol. The van der Waals surface area contributed by atoms with Gasteiger partial charge in [0.05, 0.1) is 5.92 Å². The molecule has 0 amide bonds. The topological polar surface area (TPSA) is 83.8 Å². The van der Waals surface area contributed by atoms with Crippen molar-refractivity contribution in [1.82, 2.24) is 0 Å². The molecule has 2 atom stereocenters. The van der Waals surface area contributed by atoms with Gasteiger partial charge in [-0.2, -0.15) is 4.21 Å². The summed E-state index contributed by atoms with van der Waals surface area (Å²) < 4.78 is 25.3. The highest BCUT2D eigenvalue weighted by Gasteiger charge is 2.33. The number of carboxylic acids is 1. The quantitative estimate of drug-likeness (QED) is 0.816. The molecule has 1 fully saturated rings. The number of aliphatic carboxylic acids is 1. The van der Waals surface area contributed by atoms with Crippen molar-refractivity contribution in [3.8, 4) is 0 Å². The Balaban J connectivity index is 2.12. The van der Waals surface area contributed by atoms with Crippen LogP contribution in [0.15, 0.2) is 24.3 Å². The van der Waals surface area contributed by atoms with Gasteiger partial charge in [-0.3, -0.25) is 13.5 Å². The minimum absolute atomic E-state index is 0.0689. The standard InChI is InChI=1S/C15H20O5S/c1-10-2-4-11(5-3-10)14(20-21(18)19)12-6-8-13(9-7-12)15(16)17/h2-5,12-14H,6-9H2,1H3,(H,16,17)(H,18,19). The maximum absolute atomic E-state index is 11.1. The Labute approximate surface area is 126 Å². The molecule has 0 bridgehead atoms. The first-order valence-corrected chi connectivity index (χ1v) is 8.08. The van der Waals surface area contributed by atoms with E-state index in [2.05, 4.69) is 0 Å². The van der Waals surface area contributed by atoms with E-state index in [9.17, 15) is 9.00 Å². The molecule has 2 unspecified atom stereocenters. The SMILES string of the molecule is Cc1ccc(C(OS(=O)O)C2CCC(C(=O)O)CC2)cc1. The maximum atomic E-state index is 11.1. The fraction of sp³-hybridized carbons (Fsp3) is 0.533. The van der Waals surface area contributed by atoms with Crippen LogP contribution in [0, 0.1) is 18.8 Å². The number of rotatable bonds is 5. The number of benzene rings is 1. The first-order valence-electron chi connectivity index (χ1n) is 7.04. The van der Waals surface area contributed by atoms with Crippen LogP contribution in [-0.4, -0.2) is 19.8 Å². The molecule has 0 radical (unpaired) electrons. The summed E-state index contributed by atoms with van der Waals surface area (Å²) in [7, 11) is 0. The molecule has 21 heavy (non-hydrogen) atoms. The monoisotopic (exact) mass is 312 g/mol. The second-order valence-corrected chi connectivity index (χ2v) is 6.22. The van der Waals surface area contributed by atoms with Crippen molar-refractivity contribution >= 4 is 17.3 Å². The summed E-state index contributed by atoms with van der Waals surface area (Å²) in [6.45, 7) is 1.97. The average Bonchev–Trinajstić information content (AvgIpc) is 2.46. The average molecular weight is 312 g/mol. The molecule has 0 aromatic heterocycles. The van der Waals surface area contributed by atoms with Crippen molar-refractivity contribution in [3.63, 3.8) is 0 Å². The zero-order chi connectivity index (χ0) is 15.4. The minimum atomic E-state index is -2.34. The first-order chi connectivity index (χ1) is 9.97. The van der Waals surface area contributed by atoms with Crippen molar-refractivity contribution in [2.75, 3.05) is 0 Å². The normalized spacial score (nSPS) is 25.2. The van der Waals surface area contributed by atoms with Crippen molar-refractivity contribution in [2.24, 2.45) is 11.8 Å². The van der Waals surface area contributed by atoms with Crippen molar-refractivity contribution in [2.45, 2.75) is 38.7 Å². The lowest BCUT2D eigenvalue weighted by molar-refractivity contribution is -0.143. The van der Waals surface area contributed by atoms with E-state index in [0.717, 1.165) is 11.1 Å². The van der Waals surface area contributed by atoms with Crippen LogP contribution in [-0.2, 0) is 20.3 Å². The van der Waals surface area contributed by atoms with Gasteiger partial charge in [0.25, 0.3) is 0 Å². The van der Waals surface area contributed by atoms with Gasteiger partial charge in [-0.1, -0.05) is 29.8 Å². The van der Waals surface area contributed by atoms with Crippen LogP contribution >= 0.6 is 0 Å². The van der Waals surface area contributed by atoms with Gasteiger partial charge in [-0.05, 0) is 44.1 Å². The van der Waals surface area contributed by atoms with Crippen LogP contribution in [0.2, 0.25) is 0 Å². The predicted octanol–water partition coefficient (Wildman–Crippen LogP) is 3.08. The molecule has 1 aliphatic carbocycles. The van der Waals surface area contributed by atoms with Gasteiger partial charge in [-0.25, -0.2) is 0 Å². The van der Waals surface area contributed by atoms with Gasteiger partial charge in [0.2, 0.25) is 0 Å². The van der Waals surface area contributed by atoms with E-state index in [-0.39, 0.29) is 11.8 Å². The fourth-order valence-electron chi connectivity index (χ4n) is 2.92. The van der Waals surface area contributed by atoms with Crippen molar-refractivity contribution in [1.29, 1.82) is 0 Å². The third-order valence-corrected chi connectivity index (χ3v) is 4.51. The molecule has 6 heteroatoms. The Bertz CT molecular complexity index is 505. The van der Waals surface area contributed by atoms with Gasteiger partial charge < -0.3 is 5.11 Å². The van der Waals surface area contributed by atoms with Gasteiger partial charge in [0.1, 0.15) is 6.10 Å². The second-order valence-electron chi connectivity index (χ2n) is 5.59. The molecule has 1 aromatic carbocycles. The molecule has 1 aliphatic rings. The van der Waals surface area contributed by atoms with E-state index < -0.39 is 23.4 Å². The lowest BCUT2D eigenvalue weighted by Gasteiger charge is -2.31. The minimum Gasteiger partial charge on any atom is -0.481 e. The molecule has 0 saturated heterocycles. The molecule has 1 saturated carbocycles. The Hall–Kier alpha value is -1.24. The van der Waals surface area contributed by atoms with E-state index >= 15 is 0 Å². The molecule has 2 N–H and O–H groups in total. The zero-order valence-corrected chi connectivity index (χ0v) is 12.7. The summed E-state index contributed by atoms with van der Waals surface area (Å²) in [6, 6.07) is 7.68. The summed E-state index contributed by atoms with van der Waals surface area (Å²) in [5.74, 6) is -0.995. The molecule has 1 aromatic rings. The largest absolute Gasteiger partial charge is 0.481 e. The van der Waals surface area contributed by atoms with Crippen LogP contribution in [0.5, 0.6) is 0 Å². The lowest BCUT2D eigenvalue weighted by atomic mass is 9.78. The van der Waals surface area contributed by atoms with Gasteiger partial charge in [-0.15, -0.1) is 0 Å².